The summed E-state index contributed by atoms with van der Waals surface area (Å²) in [6.45, 7) is 3.61. The predicted molar refractivity (Wildman–Crippen MR) is 152 cm³/mol. The molecule has 5 nitrogen and oxygen atoms in total. The smallest absolute Gasteiger partial charge is 0.167 e. The van der Waals surface area contributed by atoms with Crippen molar-refractivity contribution in [3.05, 3.63) is 76.4 Å². The van der Waals surface area contributed by atoms with E-state index in [0.717, 1.165) is 25.2 Å². The summed E-state index contributed by atoms with van der Waals surface area (Å²) in [6, 6.07) is 10.7. The van der Waals surface area contributed by atoms with Crippen molar-refractivity contribution in [1.82, 2.24) is 0 Å². The second-order valence-electron chi connectivity index (χ2n) is 11.6. The number of aryl methyl sites for hydroxylation is 1. The molecule has 3 aromatic carbocycles. The number of halogens is 2. The van der Waals surface area contributed by atoms with Crippen LogP contribution in [0.5, 0.6) is 5.75 Å². The largest absolute Gasteiger partial charge is 0.496 e. The van der Waals surface area contributed by atoms with Crippen molar-refractivity contribution in [3.8, 4) is 28.2 Å². The van der Waals surface area contributed by atoms with Crippen LogP contribution in [0.25, 0.3) is 33.4 Å². The van der Waals surface area contributed by atoms with Gasteiger partial charge in [0.25, 0.3) is 0 Å². The second-order valence-corrected chi connectivity index (χ2v) is 11.6. The number of hydrogen-bond acceptors (Lipinski definition) is 5. The summed E-state index contributed by atoms with van der Waals surface area (Å²) < 4.78 is 47.7. The number of Topliss-reactive ketones (excluding diaryl/α,β-unsaturated/α-hetero) is 2. The maximum absolute atomic E-state index is 16.9. The topological polar surface area (TPSA) is 65.7 Å². The van der Waals surface area contributed by atoms with E-state index >= 15 is 4.39 Å². The molecule has 4 aromatic rings. The van der Waals surface area contributed by atoms with Gasteiger partial charge < -0.3 is 13.9 Å². The van der Waals surface area contributed by atoms with Crippen LogP contribution < -0.4 is 4.74 Å². The first-order valence-electron chi connectivity index (χ1n) is 14.0. The van der Waals surface area contributed by atoms with Crippen molar-refractivity contribution in [2.45, 2.75) is 52.6 Å². The number of carbonyl (C=O) groups excluding carboxylic acids is 2. The third-order valence-electron chi connectivity index (χ3n) is 8.82. The van der Waals surface area contributed by atoms with Crippen molar-refractivity contribution >= 4 is 22.5 Å². The summed E-state index contributed by atoms with van der Waals surface area (Å²) in [6.07, 6.45) is 3.85. The van der Waals surface area contributed by atoms with Gasteiger partial charge >= 0.3 is 0 Å². The molecule has 0 amide bonds. The van der Waals surface area contributed by atoms with Gasteiger partial charge in [-0.2, -0.15) is 0 Å². The van der Waals surface area contributed by atoms with E-state index in [4.69, 9.17) is 13.9 Å². The highest BCUT2D eigenvalue weighted by Crippen LogP contribution is 2.66. The molecule has 41 heavy (non-hydrogen) atoms. The minimum atomic E-state index is -0.630. The van der Waals surface area contributed by atoms with E-state index in [9.17, 15) is 14.0 Å². The third-order valence-corrected chi connectivity index (χ3v) is 8.82. The molecular formula is C34H32F2O5. The molecule has 7 rings (SSSR count). The number of rotatable bonds is 10. The zero-order valence-electron chi connectivity index (χ0n) is 23.7. The van der Waals surface area contributed by atoms with Crippen molar-refractivity contribution in [1.29, 1.82) is 0 Å². The van der Waals surface area contributed by atoms with E-state index in [1.54, 1.807) is 25.1 Å². The molecule has 3 saturated carbocycles. The summed E-state index contributed by atoms with van der Waals surface area (Å²) >= 11 is 0. The number of ketones is 2. The summed E-state index contributed by atoms with van der Waals surface area (Å²) in [5, 5.41) is 0.0583. The standard InChI is InChI=1S/C34H32F2O5/c1-5-25(37)30-31-28(41-33(30)20-6-8-22(35)9-7-20)11-21(17-39-3)29(32(31)36)23-12-24(27(40-4)10-18(23)2)26(38)16-34-13-19(14-34)15-34/h6-12,19H,5,13-17H2,1-4H3. The predicted octanol–water partition coefficient (Wildman–Crippen LogP) is 8.47. The van der Waals surface area contributed by atoms with Crippen LogP contribution >= 0.6 is 0 Å². The van der Waals surface area contributed by atoms with E-state index in [1.807, 2.05) is 6.92 Å². The number of ether oxygens (including phenoxy) is 2. The highest BCUT2D eigenvalue weighted by molar-refractivity contribution is 6.13. The molecule has 0 unspecified atom stereocenters. The number of methoxy groups -OCH3 is 2. The van der Waals surface area contributed by atoms with Gasteiger partial charge in [0.15, 0.2) is 11.6 Å². The SMILES string of the molecule is CCC(=O)c1c(-c2ccc(F)cc2)oc2cc(COC)c(-c3cc(C(=O)CC45CC(C4)C5)c(OC)cc3C)c(F)c12. The summed E-state index contributed by atoms with van der Waals surface area (Å²) in [7, 11) is 3.05. The van der Waals surface area contributed by atoms with Crippen LogP contribution in [-0.2, 0) is 11.3 Å². The normalized spacial score (nSPS) is 19.1. The van der Waals surface area contributed by atoms with Crippen molar-refractivity contribution in [2.24, 2.45) is 11.3 Å². The van der Waals surface area contributed by atoms with Crippen molar-refractivity contribution in [2.75, 3.05) is 14.2 Å². The Kier molecular flexibility index (Phi) is 6.81. The zero-order chi connectivity index (χ0) is 29.1. The molecule has 3 fully saturated rings. The Morgan fingerprint density at radius 1 is 1.02 bits per heavy atom. The lowest BCUT2D eigenvalue weighted by atomic mass is 9.43. The first-order chi connectivity index (χ1) is 19.7. The average Bonchev–Trinajstić information content (AvgIpc) is 3.30. The summed E-state index contributed by atoms with van der Waals surface area (Å²) in [4.78, 5) is 26.8. The maximum Gasteiger partial charge on any atom is 0.167 e. The average molecular weight is 559 g/mol. The van der Waals surface area contributed by atoms with Crippen molar-refractivity contribution < 1.29 is 32.3 Å². The molecular weight excluding hydrogens is 526 g/mol. The highest BCUT2D eigenvalue weighted by Gasteiger charge is 2.57. The quantitative estimate of drug-likeness (QED) is 0.183. The molecule has 1 heterocycles. The molecule has 0 saturated heterocycles. The monoisotopic (exact) mass is 558 g/mol. The first kappa shape index (κ1) is 27.3. The highest BCUT2D eigenvalue weighted by atomic mass is 19.1. The lowest BCUT2D eigenvalue weighted by Gasteiger charge is -2.62. The van der Waals surface area contributed by atoms with Gasteiger partial charge in [0.1, 0.15) is 28.7 Å². The first-order valence-corrected chi connectivity index (χ1v) is 14.0. The Balaban J connectivity index is 1.57. The molecule has 0 N–H and O–H groups in total. The number of fused-ring (bicyclic) bond motifs is 1. The molecule has 212 valence electrons. The molecule has 0 atom stereocenters. The van der Waals surface area contributed by atoms with Gasteiger partial charge in [-0.15, -0.1) is 0 Å². The molecule has 3 aliphatic carbocycles. The van der Waals surface area contributed by atoms with Crippen LogP contribution in [0.15, 0.2) is 46.9 Å². The van der Waals surface area contributed by atoms with Crippen LogP contribution in [0.3, 0.4) is 0 Å². The van der Waals surface area contributed by atoms with E-state index in [1.165, 1.54) is 38.5 Å². The summed E-state index contributed by atoms with van der Waals surface area (Å²) in [5.41, 5.74) is 3.30. The van der Waals surface area contributed by atoms with Crippen LogP contribution in [0.1, 0.15) is 70.9 Å². The Morgan fingerprint density at radius 3 is 2.32 bits per heavy atom. The molecule has 0 aliphatic heterocycles. The van der Waals surface area contributed by atoms with Gasteiger partial charge in [-0.1, -0.05) is 6.92 Å². The molecule has 2 bridgehead atoms. The van der Waals surface area contributed by atoms with Gasteiger partial charge in [-0.3, -0.25) is 9.59 Å². The number of furan rings is 1. The van der Waals surface area contributed by atoms with E-state index in [-0.39, 0.29) is 57.9 Å². The molecule has 7 heteroatoms. The summed E-state index contributed by atoms with van der Waals surface area (Å²) in [5.74, 6) is 0.0279. The maximum atomic E-state index is 16.9. The molecule has 0 radical (unpaired) electrons. The molecule has 0 spiro atoms. The van der Waals surface area contributed by atoms with E-state index in [0.29, 0.717) is 40.0 Å². The van der Waals surface area contributed by atoms with Gasteiger partial charge in [-0.05, 0) is 96.7 Å². The molecule has 1 aromatic heterocycles. The fraction of sp³-hybridized carbons (Fsp3) is 0.353. The Labute approximate surface area is 237 Å². The van der Waals surface area contributed by atoms with Gasteiger partial charge in [-0.25, -0.2) is 8.78 Å². The second kappa shape index (κ2) is 10.2. The van der Waals surface area contributed by atoms with Crippen LogP contribution in [0.4, 0.5) is 8.78 Å². The number of hydrogen-bond donors (Lipinski definition) is 0. The third kappa shape index (κ3) is 4.47. The fourth-order valence-electron chi connectivity index (χ4n) is 6.72. The van der Waals surface area contributed by atoms with Gasteiger partial charge in [0.2, 0.25) is 0 Å². The van der Waals surface area contributed by atoms with E-state index in [2.05, 4.69) is 0 Å². The Bertz CT molecular complexity index is 1680. The van der Waals surface area contributed by atoms with Crippen LogP contribution in [-0.4, -0.2) is 25.8 Å². The Hall–Kier alpha value is -3.84. The van der Waals surface area contributed by atoms with Crippen molar-refractivity contribution in [3.63, 3.8) is 0 Å². The van der Waals surface area contributed by atoms with Gasteiger partial charge in [0, 0.05) is 31.1 Å². The minimum Gasteiger partial charge on any atom is -0.496 e. The van der Waals surface area contributed by atoms with Gasteiger partial charge in [0.05, 0.1) is 30.2 Å². The zero-order valence-corrected chi connectivity index (χ0v) is 23.7. The van der Waals surface area contributed by atoms with E-state index < -0.39 is 11.6 Å². The fourth-order valence-corrected chi connectivity index (χ4v) is 6.72. The Morgan fingerprint density at radius 2 is 1.73 bits per heavy atom. The minimum absolute atomic E-state index is 0.0141. The number of benzene rings is 3. The van der Waals surface area contributed by atoms with Crippen LogP contribution in [0.2, 0.25) is 0 Å². The molecule has 3 aliphatic rings. The lowest BCUT2D eigenvalue weighted by molar-refractivity contribution is -0.103. The number of carbonyl (C=O) groups is 2. The van der Waals surface area contributed by atoms with Crippen LogP contribution in [0, 0.1) is 29.9 Å². The lowest BCUT2D eigenvalue weighted by Crippen LogP contribution is -2.52.